The molecule has 1 aliphatic rings. The first kappa shape index (κ1) is 17.4. The Bertz CT molecular complexity index is 563. The number of aliphatic hydroxyl groups is 1. The summed E-state index contributed by atoms with van der Waals surface area (Å²) in [4.78, 5) is 24.6. The Balaban J connectivity index is 1.88. The van der Waals surface area contributed by atoms with Crippen LogP contribution in [0.1, 0.15) is 43.8 Å². The highest BCUT2D eigenvalue weighted by Gasteiger charge is 2.25. The molecular formula is C17H22FNO4. The smallest absolute Gasteiger partial charge is 0.303 e. The molecule has 0 radical (unpaired) electrons. The normalized spacial score (nSPS) is 19.4. The van der Waals surface area contributed by atoms with Crippen LogP contribution in [0.5, 0.6) is 0 Å². The Morgan fingerprint density at radius 1 is 1.39 bits per heavy atom. The van der Waals surface area contributed by atoms with E-state index in [1.54, 1.807) is 11.0 Å². The van der Waals surface area contributed by atoms with Gasteiger partial charge in [-0.3, -0.25) is 9.59 Å². The summed E-state index contributed by atoms with van der Waals surface area (Å²) in [7, 11) is 0. The zero-order valence-electron chi connectivity index (χ0n) is 12.9. The molecule has 2 rings (SSSR count). The molecule has 2 atom stereocenters. The molecule has 0 aromatic heterocycles. The fraction of sp³-hybridized carbons (Fsp3) is 0.529. The van der Waals surface area contributed by atoms with Crippen molar-refractivity contribution in [3.8, 4) is 0 Å². The summed E-state index contributed by atoms with van der Waals surface area (Å²) in [6.07, 6.45) is 1.31. The van der Waals surface area contributed by atoms with E-state index in [9.17, 15) is 19.1 Å². The molecule has 1 fully saturated rings. The van der Waals surface area contributed by atoms with E-state index in [4.69, 9.17) is 5.11 Å². The minimum atomic E-state index is -1.03. The summed E-state index contributed by atoms with van der Waals surface area (Å²) >= 11 is 0. The molecule has 0 saturated carbocycles. The van der Waals surface area contributed by atoms with Gasteiger partial charge in [0, 0.05) is 19.5 Å². The van der Waals surface area contributed by atoms with Gasteiger partial charge in [0.15, 0.2) is 0 Å². The van der Waals surface area contributed by atoms with E-state index < -0.39 is 17.9 Å². The predicted octanol–water partition coefficient (Wildman–Crippen LogP) is 2.35. The van der Waals surface area contributed by atoms with E-state index in [1.165, 1.54) is 18.2 Å². The number of halogens is 1. The molecule has 5 nitrogen and oxygen atoms in total. The summed E-state index contributed by atoms with van der Waals surface area (Å²) in [5.41, 5.74) is 0.387. The predicted molar refractivity (Wildman–Crippen MR) is 82.2 cm³/mol. The van der Waals surface area contributed by atoms with Gasteiger partial charge in [0.05, 0.1) is 12.5 Å². The molecular weight excluding hydrogens is 301 g/mol. The minimum absolute atomic E-state index is 0.0882. The molecule has 126 valence electrons. The second-order valence-electron chi connectivity index (χ2n) is 6.06. The summed E-state index contributed by atoms with van der Waals surface area (Å²) in [5, 5.41) is 18.8. The lowest BCUT2D eigenvalue weighted by atomic mass is 9.93. The Labute approximate surface area is 134 Å². The third-order valence-electron chi connectivity index (χ3n) is 4.24. The molecule has 1 saturated heterocycles. The van der Waals surface area contributed by atoms with Crippen LogP contribution in [0, 0.1) is 11.7 Å². The number of aliphatic carboxylic acids is 1. The van der Waals surface area contributed by atoms with Crippen LogP contribution in [-0.4, -0.2) is 40.1 Å². The fourth-order valence-electron chi connectivity index (χ4n) is 2.98. The average molecular weight is 323 g/mol. The Morgan fingerprint density at radius 2 is 2.17 bits per heavy atom. The second-order valence-corrected chi connectivity index (χ2v) is 6.06. The standard InChI is InChI=1S/C17H22FNO4/c18-14-5-1-4-13(9-14)15(20)10-16(21)19-8-2-3-12(11-19)6-7-17(22)23/h1,4-5,9,12,15,20H,2-3,6-8,10-11H2,(H,22,23)/t12-,15-/m0/s1. The number of nitrogens with zero attached hydrogens (tertiary/aromatic N) is 1. The SMILES string of the molecule is O=C(O)CC[C@@H]1CCCN(C(=O)C[C@H](O)c2cccc(F)c2)C1. The highest BCUT2D eigenvalue weighted by Crippen LogP contribution is 2.24. The molecule has 0 bridgehead atoms. The van der Waals surface area contributed by atoms with E-state index in [0.717, 1.165) is 12.8 Å². The van der Waals surface area contributed by atoms with Crippen LogP contribution in [0.2, 0.25) is 0 Å². The fourth-order valence-corrected chi connectivity index (χ4v) is 2.98. The summed E-state index contributed by atoms with van der Waals surface area (Å²) in [6.45, 7) is 1.15. The van der Waals surface area contributed by atoms with Gasteiger partial charge in [-0.2, -0.15) is 0 Å². The van der Waals surface area contributed by atoms with Gasteiger partial charge in [-0.05, 0) is 42.9 Å². The maximum Gasteiger partial charge on any atom is 0.303 e. The van der Waals surface area contributed by atoms with Gasteiger partial charge in [-0.25, -0.2) is 4.39 Å². The van der Waals surface area contributed by atoms with Gasteiger partial charge >= 0.3 is 5.97 Å². The molecule has 1 heterocycles. The number of carbonyl (C=O) groups excluding carboxylic acids is 1. The Kier molecular flexibility index (Phi) is 6.10. The van der Waals surface area contributed by atoms with Gasteiger partial charge in [-0.1, -0.05) is 12.1 Å². The summed E-state index contributed by atoms with van der Waals surface area (Å²) in [5.74, 6) is -1.26. The van der Waals surface area contributed by atoms with E-state index in [2.05, 4.69) is 0 Å². The minimum Gasteiger partial charge on any atom is -0.481 e. The number of carbonyl (C=O) groups is 2. The zero-order chi connectivity index (χ0) is 16.8. The van der Waals surface area contributed by atoms with Crippen LogP contribution in [-0.2, 0) is 9.59 Å². The quantitative estimate of drug-likeness (QED) is 0.842. The maximum atomic E-state index is 13.2. The number of hydrogen-bond donors (Lipinski definition) is 2. The average Bonchev–Trinajstić information content (AvgIpc) is 2.53. The molecule has 1 amide bonds. The molecule has 1 aromatic carbocycles. The van der Waals surface area contributed by atoms with Gasteiger partial charge in [0.2, 0.25) is 5.91 Å². The van der Waals surface area contributed by atoms with Crippen molar-refractivity contribution in [3.63, 3.8) is 0 Å². The van der Waals surface area contributed by atoms with E-state index in [0.29, 0.717) is 25.1 Å². The molecule has 2 N–H and O–H groups in total. The largest absolute Gasteiger partial charge is 0.481 e. The zero-order valence-corrected chi connectivity index (χ0v) is 12.9. The van der Waals surface area contributed by atoms with Crippen LogP contribution < -0.4 is 0 Å². The number of carboxylic acids is 1. The first-order valence-corrected chi connectivity index (χ1v) is 7.89. The number of rotatable bonds is 6. The van der Waals surface area contributed by atoms with Crippen molar-refractivity contribution >= 4 is 11.9 Å². The van der Waals surface area contributed by atoms with Gasteiger partial charge in [0.25, 0.3) is 0 Å². The molecule has 0 spiro atoms. The lowest BCUT2D eigenvalue weighted by Gasteiger charge is -2.33. The van der Waals surface area contributed by atoms with Gasteiger partial charge in [-0.15, -0.1) is 0 Å². The van der Waals surface area contributed by atoms with Crippen LogP contribution >= 0.6 is 0 Å². The van der Waals surface area contributed by atoms with Crippen LogP contribution in [0.3, 0.4) is 0 Å². The first-order valence-electron chi connectivity index (χ1n) is 7.89. The van der Waals surface area contributed by atoms with Crippen molar-refractivity contribution in [2.75, 3.05) is 13.1 Å². The van der Waals surface area contributed by atoms with Crippen LogP contribution in [0.15, 0.2) is 24.3 Å². The molecule has 0 aliphatic carbocycles. The summed E-state index contributed by atoms with van der Waals surface area (Å²) < 4.78 is 13.2. The van der Waals surface area contributed by atoms with E-state index >= 15 is 0 Å². The molecule has 6 heteroatoms. The number of benzene rings is 1. The molecule has 23 heavy (non-hydrogen) atoms. The van der Waals surface area contributed by atoms with Crippen LogP contribution in [0.4, 0.5) is 4.39 Å². The number of aliphatic hydroxyl groups excluding tert-OH is 1. The number of hydrogen-bond acceptors (Lipinski definition) is 3. The van der Waals surface area contributed by atoms with Crippen molar-refractivity contribution in [3.05, 3.63) is 35.6 Å². The maximum absolute atomic E-state index is 13.2. The molecule has 1 aliphatic heterocycles. The van der Waals surface area contributed by atoms with Gasteiger partial charge in [0.1, 0.15) is 5.82 Å². The van der Waals surface area contributed by atoms with E-state index in [1.807, 2.05) is 0 Å². The number of likely N-dealkylation sites (tertiary alicyclic amines) is 1. The lowest BCUT2D eigenvalue weighted by molar-refractivity contribution is -0.137. The van der Waals surface area contributed by atoms with Crippen molar-refractivity contribution < 1.29 is 24.2 Å². The van der Waals surface area contributed by atoms with Crippen molar-refractivity contribution in [1.82, 2.24) is 4.90 Å². The highest BCUT2D eigenvalue weighted by molar-refractivity contribution is 5.77. The van der Waals surface area contributed by atoms with Crippen molar-refractivity contribution in [1.29, 1.82) is 0 Å². The molecule has 0 unspecified atom stereocenters. The number of amides is 1. The first-order chi connectivity index (χ1) is 11.0. The molecule has 1 aromatic rings. The van der Waals surface area contributed by atoms with Crippen molar-refractivity contribution in [2.24, 2.45) is 5.92 Å². The Hall–Kier alpha value is -1.95. The topological polar surface area (TPSA) is 77.8 Å². The van der Waals surface area contributed by atoms with Crippen molar-refractivity contribution in [2.45, 2.75) is 38.2 Å². The lowest BCUT2D eigenvalue weighted by Crippen LogP contribution is -2.40. The van der Waals surface area contributed by atoms with Crippen LogP contribution in [0.25, 0.3) is 0 Å². The number of carboxylic acid groups (broad SMARTS) is 1. The second kappa shape index (κ2) is 8.06. The summed E-state index contributed by atoms with van der Waals surface area (Å²) in [6, 6.07) is 5.60. The Morgan fingerprint density at radius 3 is 2.87 bits per heavy atom. The van der Waals surface area contributed by atoms with E-state index in [-0.39, 0.29) is 24.7 Å². The third-order valence-corrected chi connectivity index (χ3v) is 4.24. The third kappa shape index (κ3) is 5.32. The monoisotopic (exact) mass is 323 g/mol. The highest BCUT2D eigenvalue weighted by atomic mass is 19.1. The van der Waals surface area contributed by atoms with Gasteiger partial charge < -0.3 is 15.1 Å². The number of piperidine rings is 1.